The maximum atomic E-state index is 12.4. The Morgan fingerprint density at radius 3 is 2.37 bits per heavy atom. The Labute approximate surface area is 177 Å². The molecule has 0 spiro atoms. The van der Waals surface area contributed by atoms with Gasteiger partial charge in [0.15, 0.2) is 6.61 Å². The molecule has 0 fully saturated rings. The molecule has 8 nitrogen and oxygen atoms in total. The molecule has 0 aliphatic carbocycles. The van der Waals surface area contributed by atoms with Crippen LogP contribution < -0.4 is 10.1 Å². The van der Waals surface area contributed by atoms with Crippen LogP contribution in [0.4, 0.5) is 0 Å². The summed E-state index contributed by atoms with van der Waals surface area (Å²) < 4.78 is 31.3. The predicted molar refractivity (Wildman–Crippen MR) is 112 cm³/mol. The van der Waals surface area contributed by atoms with E-state index in [-0.39, 0.29) is 23.8 Å². The van der Waals surface area contributed by atoms with Crippen LogP contribution in [0, 0.1) is 0 Å². The van der Waals surface area contributed by atoms with Gasteiger partial charge in [0.1, 0.15) is 10.6 Å². The number of benzene rings is 2. The molecule has 0 saturated carbocycles. The second kappa shape index (κ2) is 9.57. The Kier molecular flexibility index (Phi) is 7.09. The average molecular weight is 434 g/mol. The number of hydrogen-bond acceptors (Lipinski definition) is 6. The second-order valence-corrected chi connectivity index (χ2v) is 9.54. The van der Waals surface area contributed by atoms with Crippen LogP contribution in [0.5, 0.6) is 5.75 Å². The van der Waals surface area contributed by atoms with E-state index in [0.717, 1.165) is 17.4 Å². The van der Waals surface area contributed by atoms with Gasteiger partial charge in [-0.25, -0.2) is 12.7 Å². The lowest BCUT2D eigenvalue weighted by molar-refractivity contribution is -0.123. The van der Waals surface area contributed by atoms with Gasteiger partial charge in [0.2, 0.25) is 10.0 Å². The van der Waals surface area contributed by atoms with Gasteiger partial charge in [-0.05, 0) is 23.3 Å². The van der Waals surface area contributed by atoms with Crippen LogP contribution in [-0.4, -0.2) is 68.5 Å². The fourth-order valence-electron chi connectivity index (χ4n) is 3.30. The van der Waals surface area contributed by atoms with Crippen molar-refractivity contribution in [3.05, 3.63) is 59.7 Å². The van der Waals surface area contributed by atoms with E-state index in [1.54, 1.807) is 12.1 Å². The van der Waals surface area contributed by atoms with E-state index in [4.69, 9.17) is 4.74 Å². The maximum Gasteiger partial charge on any atom is 0.258 e. The first-order valence-corrected chi connectivity index (χ1v) is 11.1. The van der Waals surface area contributed by atoms with Crippen LogP contribution in [0.25, 0.3) is 0 Å². The summed E-state index contributed by atoms with van der Waals surface area (Å²) in [5.41, 5.74) is 2.52. The number of ether oxygens (including phenoxy) is 1. The van der Waals surface area contributed by atoms with Crippen molar-refractivity contribution < 1.29 is 23.1 Å². The lowest BCUT2D eigenvalue weighted by Crippen LogP contribution is -2.40. The lowest BCUT2D eigenvalue weighted by Gasteiger charge is -2.20. The SMILES string of the molecule is CN(C)S(=O)(=O)c1ccccc1OCC(=O)NC[C@H](O)CN1Cc2ccccc2C1. The van der Waals surface area contributed by atoms with Gasteiger partial charge in [-0.2, -0.15) is 0 Å². The smallest absolute Gasteiger partial charge is 0.258 e. The van der Waals surface area contributed by atoms with E-state index in [1.807, 2.05) is 12.1 Å². The van der Waals surface area contributed by atoms with Crippen molar-refractivity contribution in [1.82, 2.24) is 14.5 Å². The Bertz CT molecular complexity index is 969. The summed E-state index contributed by atoms with van der Waals surface area (Å²) in [4.78, 5) is 14.2. The van der Waals surface area contributed by atoms with Crippen LogP contribution in [0.15, 0.2) is 53.4 Å². The number of sulfonamides is 1. The Hall–Kier alpha value is -2.46. The van der Waals surface area contributed by atoms with Crippen molar-refractivity contribution in [3.63, 3.8) is 0 Å². The van der Waals surface area contributed by atoms with Crippen molar-refractivity contribution in [2.75, 3.05) is 33.8 Å². The van der Waals surface area contributed by atoms with Gasteiger partial charge in [0.25, 0.3) is 5.91 Å². The highest BCUT2D eigenvalue weighted by Gasteiger charge is 2.23. The van der Waals surface area contributed by atoms with E-state index in [0.29, 0.717) is 6.54 Å². The molecular formula is C21H27N3O5S. The first-order valence-electron chi connectivity index (χ1n) is 9.65. The molecule has 0 aromatic heterocycles. The quantitative estimate of drug-likeness (QED) is 0.607. The molecule has 30 heavy (non-hydrogen) atoms. The highest BCUT2D eigenvalue weighted by atomic mass is 32.2. The number of nitrogens with zero attached hydrogens (tertiary/aromatic N) is 2. The molecule has 9 heteroatoms. The lowest BCUT2D eigenvalue weighted by atomic mass is 10.1. The number of aliphatic hydroxyl groups is 1. The van der Waals surface area contributed by atoms with Crippen LogP contribution in [0.1, 0.15) is 11.1 Å². The van der Waals surface area contributed by atoms with Crippen LogP contribution in [0.3, 0.4) is 0 Å². The Balaban J connectivity index is 1.46. The van der Waals surface area contributed by atoms with Gasteiger partial charge < -0.3 is 15.2 Å². The molecule has 0 radical (unpaired) electrons. The van der Waals surface area contributed by atoms with E-state index in [2.05, 4.69) is 22.3 Å². The Morgan fingerprint density at radius 2 is 1.73 bits per heavy atom. The number of rotatable bonds is 9. The normalized spacial score (nSPS) is 15.1. The molecular weight excluding hydrogens is 406 g/mol. The monoisotopic (exact) mass is 433 g/mol. The minimum atomic E-state index is -3.69. The number of para-hydroxylation sites is 1. The molecule has 1 aliphatic rings. The van der Waals surface area contributed by atoms with Gasteiger partial charge in [-0.1, -0.05) is 36.4 Å². The first kappa shape index (κ1) is 22.2. The van der Waals surface area contributed by atoms with Crippen molar-refractivity contribution >= 4 is 15.9 Å². The minimum Gasteiger partial charge on any atom is -0.482 e. The molecule has 1 amide bonds. The summed E-state index contributed by atoms with van der Waals surface area (Å²) in [7, 11) is -0.827. The standard InChI is InChI=1S/C21H27N3O5S/c1-23(2)30(27,28)20-10-6-5-9-19(20)29-15-21(26)22-11-18(25)14-24-12-16-7-3-4-8-17(16)13-24/h3-10,18,25H,11-15H2,1-2H3,(H,22,26)/t18-/m0/s1. The summed E-state index contributed by atoms with van der Waals surface area (Å²) in [6.45, 7) is 1.75. The Morgan fingerprint density at radius 1 is 1.13 bits per heavy atom. The zero-order valence-electron chi connectivity index (χ0n) is 17.1. The van der Waals surface area contributed by atoms with Crippen molar-refractivity contribution in [1.29, 1.82) is 0 Å². The van der Waals surface area contributed by atoms with Crippen molar-refractivity contribution in [2.45, 2.75) is 24.1 Å². The average Bonchev–Trinajstić information content (AvgIpc) is 3.13. The fourth-order valence-corrected chi connectivity index (χ4v) is 4.33. The minimum absolute atomic E-state index is 0.00330. The number of hydrogen-bond donors (Lipinski definition) is 2. The summed E-state index contributed by atoms with van der Waals surface area (Å²) in [6.07, 6.45) is -0.718. The number of carbonyl (C=O) groups excluding carboxylic acids is 1. The van der Waals surface area contributed by atoms with Crippen molar-refractivity contribution in [3.8, 4) is 5.75 Å². The highest BCUT2D eigenvalue weighted by Crippen LogP contribution is 2.25. The molecule has 3 rings (SSSR count). The summed E-state index contributed by atoms with van der Waals surface area (Å²) >= 11 is 0. The van der Waals surface area contributed by atoms with Crippen LogP contribution >= 0.6 is 0 Å². The molecule has 162 valence electrons. The topological polar surface area (TPSA) is 99.2 Å². The maximum absolute atomic E-state index is 12.4. The molecule has 0 bridgehead atoms. The zero-order chi connectivity index (χ0) is 21.7. The van der Waals surface area contributed by atoms with E-state index >= 15 is 0 Å². The van der Waals surface area contributed by atoms with E-state index < -0.39 is 22.0 Å². The molecule has 0 saturated heterocycles. The van der Waals surface area contributed by atoms with E-state index in [1.165, 1.54) is 37.4 Å². The number of carbonyl (C=O) groups is 1. The number of fused-ring (bicyclic) bond motifs is 1. The van der Waals surface area contributed by atoms with Crippen LogP contribution in [0.2, 0.25) is 0 Å². The van der Waals surface area contributed by atoms with Gasteiger partial charge in [-0.15, -0.1) is 0 Å². The third-order valence-electron chi connectivity index (χ3n) is 4.88. The molecule has 1 atom stereocenters. The van der Waals surface area contributed by atoms with Gasteiger partial charge in [0, 0.05) is 40.3 Å². The first-order chi connectivity index (χ1) is 14.3. The number of aliphatic hydroxyl groups excluding tert-OH is 1. The van der Waals surface area contributed by atoms with E-state index in [9.17, 15) is 18.3 Å². The second-order valence-electron chi connectivity index (χ2n) is 7.42. The number of β-amino-alcohol motifs (C(OH)–C–C–N with tert-alkyl or cyclic N) is 1. The van der Waals surface area contributed by atoms with Gasteiger partial charge in [-0.3, -0.25) is 9.69 Å². The fraction of sp³-hybridized carbons (Fsp3) is 0.381. The van der Waals surface area contributed by atoms with Crippen molar-refractivity contribution in [2.24, 2.45) is 0 Å². The van der Waals surface area contributed by atoms with Gasteiger partial charge in [0.05, 0.1) is 6.10 Å². The molecule has 1 aliphatic heterocycles. The molecule has 0 unspecified atom stereocenters. The highest BCUT2D eigenvalue weighted by molar-refractivity contribution is 7.89. The number of nitrogens with one attached hydrogen (secondary N) is 1. The van der Waals surface area contributed by atoms with Gasteiger partial charge >= 0.3 is 0 Å². The molecule has 1 heterocycles. The molecule has 2 aromatic carbocycles. The largest absolute Gasteiger partial charge is 0.482 e. The third kappa shape index (κ3) is 5.37. The third-order valence-corrected chi connectivity index (χ3v) is 6.73. The molecule has 2 aromatic rings. The summed E-state index contributed by atoms with van der Waals surface area (Å²) in [6, 6.07) is 14.3. The predicted octanol–water partition coefficient (Wildman–Crippen LogP) is 0.809. The number of amides is 1. The zero-order valence-corrected chi connectivity index (χ0v) is 17.9. The van der Waals surface area contributed by atoms with Crippen LogP contribution in [-0.2, 0) is 27.9 Å². The summed E-state index contributed by atoms with van der Waals surface area (Å²) in [5.74, 6) is -0.326. The molecule has 2 N–H and O–H groups in total. The summed E-state index contributed by atoms with van der Waals surface area (Å²) in [5, 5.41) is 12.9.